The lowest BCUT2D eigenvalue weighted by molar-refractivity contribution is -0.136. The van der Waals surface area contributed by atoms with Gasteiger partial charge in [0.15, 0.2) is 0 Å². The Balaban J connectivity index is 1.44. The molecule has 6 nitrogen and oxygen atoms in total. The number of nitrogens with zero attached hydrogens (tertiary/aromatic N) is 2. The van der Waals surface area contributed by atoms with Gasteiger partial charge in [0, 0.05) is 23.6 Å². The van der Waals surface area contributed by atoms with Crippen LogP contribution in [0.25, 0.3) is 5.69 Å². The third-order valence-corrected chi connectivity index (χ3v) is 6.36. The van der Waals surface area contributed by atoms with Crippen molar-refractivity contribution >= 4 is 29.4 Å². The van der Waals surface area contributed by atoms with Crippen molar-refractivity contribution in [3.05, 3.63) is 52.7 Å². The van der Waals surface area contributed by atoms with Crippen molar-refractivity contribution in [1.82, 2.24) is 15.1 Å². The van der Waals surface area contributed by atoms with Crippen LogP contribution in [0, 0.1) is 6.92 Å². The van der Waals surface area contributed by atoms with Crippen LogP contribution in [0.3, 0.4) is 0 Å². The zero-order chi connectivity index (χ0) is 20.2. The summed E-state index contributed by atoms with van der Waals surface area (Å²) in [7, 11) is 0. The maximum atomic E-state index is 12.5. The Morgan fingerprint density at radius 3 is 2.72 bits per heavy atom. The van der Waals surface area contributed by atoms with E-state index in [4.69, 9.17) is 0 Å². The molecule has 0 bridgehead atoms. The molecule has 2 amide bonds. The van der Waals surface area contributed by atoms with E-state index in [1.807, 2.05) is 31.2 Å². The molecule has 0 saturated heterocycles. The molecule has 1 aromatic heterocycles. The van der Waals surface area contributed by atoms with E-state index in [0.29, 0.717) is 12.4 Å². The highest BCUT2D eigenvalue weighted by molar-refractivity contribution is 7.98. The van der Waals surface area contributed by atoms with Crippen LogP contribution in [-0.2, 0) is 21.1 Å². The highest BCUT2D eigenvalue weighted by atomic mass is 32.2. The first-order chi connectivity index (χ1) is 14.1. The number of aryl methyl sites for hydroxylation is 1. The number of nitrogens with one attached hydrogen (secondary N) is 2. The van der Waals surface area contributed by atoms with Gasteiger partial charge >= 0.3 is 11.8 Å². The maximum absolute atomic E-state index is 12.5. The fraction of sp³-hybridized carbons (Fsp3) is 0.409. The predicted molar refractivity (Wildman–Crippen MR) is 116 cm³/mol. The molecule has 1 aliphatic carbocycles. The van der Waals surface area contributed by atoms with Crippen LogP contribution < -0.4 is 10.6 Å². The number of aromatic nitrogens is 2. The highest BCUT2D eigenvalue weighted by Crippen LogP contribution is 2.36. The van der Waals surface area contributed by atoms with Crippen molar-refractivity contribution < 1.29 is 9.59 Å². The van der Waals surface area contributed by atoms with Crippen LogP contribution in [-0.4, -0.2) is 28.1 Å². The van der Waals surface area contributed by atoms with Gasteiger partial charge in [-0.15, -0.1) is 0 Å². The second-order valence-electron chi connectivity index (χ2n) is 7.58. The number of amides is 2. The summed E-state index contributed by atoms with van der Waals surface area (Å²) in [5.41, 5.74) is 5.38. The normalized spacial score (nSPS) is 15.6. The first kappa shape index (κ1) is 19.8. The average Bonchev–Trinajstić information content (AvgIpc) is 3.32. The Kier molecular flexibility index (Phi) is 6.04. The number of fused-ring (bicyclic) bond motifs is 1. The maximum Gasteiger partial charge on any atom is 0.314 e. The van der Waals surface area contributed by atoms with E-state index in [0.717, 1.165) is 53.3 Å². The van der Waals surface area contributed by atoms with Crippen LogP contribution in [0.4, 0.5) is 5.82 Å². The van der Waals surface area contributed by atoms with Gasteiger partial charge < -0.3 is 10.6 Å². The Labute approximate surface area is 175 Å². The molecule has 0 unspecified atom stereocenters. The van der Waals surface area contributed by atoms with E-state index in [1.165, 1.54) is 18.4 Å². The lowest BCUT2D eigenvalue weighted by Crippen LogP contribution is -2.36. The molecule has 2 N–H and O–H groups in total. The van der Waals surface area contributed by atoms with Gasteiger partial charge in [-0.3, -0.25) is 9.59 Å². The van der Waals surface area contributed by atoms with Gasteiger partial charge in [-0.1, -0.05) is 29.3 Å². The number of allylic oxidation sites excluding steroid dienone is 1. The molecular weight excluding hydrogens is 384 g/mol. The van der Waals surface area contributed by atoms with Crippen molar-refractivity contribution in [3.8, 4) is 5.69 Å². The summed E-state index contributed by atoms with van der Waals surface area (Å²) in [5.74, 6) is 0.961. The monoisotopic (exact) mass is 410 g/mol. The quantitative estimate of drug-likeness (QED) is 0.579. The fourth-order valence-corrected chi connectivity index (χ4v) is 4.76. The van der Waals surface area contributed by atoms with Gasteiger partial charge in [-0.2, -0.15) is 16.9 Å². The summed E-state index contributed by atoms with van der Waals surface area (Å²) >= 11 is 1.76. The van der Waals surface area contributed by atoms with Crippen LogP contribution in [0.15, 0.2) is 35.9 Å². The summed E-state index contributed by atoms with van der Waals surface area (Å²) in [6, 6.07) is 7.96. The molecule has 0 atom stereocenters. The van der Waals surface area contributed by atoms with Gasteiger partial charge in [-0.05, 0) is 51.2 Å². The smallest absolute Gasteiger partial charge is 0.314 e. The third-order valence-electron chi connectivity index (χ3n) is 5.39. The largest absolute Gasteiger partial charge is 0.348 e. The molecule has 7 heteroatoms. The van der Waals surface area contributed by atoms with E-state index in [-0.39, 0.29) is 0 Å². The highest BCUT2D eigenvalue weighted by Gasteiger charge is 2.26. The lowest BCUT2D eigenvalue weighted by atomic mass is 9.97. The molecular formula is C22H26N4O2S. The van der Waals surface area contributed by atoms with Crippen LogP contribution in [0.5, 0.6) is 0 Å². The Morgan fingerprint density at radius 2 is 1.97 bits per heavy atom. The first-order valence-corrected chi connectivity index (χ1v) is 11.3. The number of anilines is 1. The molecule has 4 rings (SSSR count). The summed E-state index contributed by atoms with van der Waals surface area (Å²) in [4.78, 5) is 24.9. The Hall–Kier alpha value is -2.54. The van der Waals surface area contributed by atoms with Crippen molar-refractivity contribution in [2.45, 2.75) is 50.5 Å². The molecule has 152 valence electrons. The van der Waals surface area contributed by atoms with Gasteiger partial charge in [0.1, 0.15) is 5.82 Å². The molecule has 0 radical (unpaired) electrons. The van der Waals surface area contributed by atoms with Crippen LogP contribution >= 0.6 is 11.8 Å². The van der Waals surface area contributed by atoms with Crippen molar-refractivity contribution in [1.29, 1.82) is 0 Å². The standard InChI is InChI=1S/C22H26N4O2S/c1-15-7-9-17(10-8-15)26-20(18-13-29-14-19(18)25-26)24-22(28)21(27)23-12-11-16-5-3-2-4-6-16/h5,7-10H,2-4,6,11-14H2,1H3,(H,23,27)(H,24,28). The second-order valence-corrected chi connectivity index (χ2v) is 8.57. The summed E-state index contributed by atoms with van der Waals surface area (Å²) in [5, 5.41) is 10.2. The molecule has 29 heavy (non-hydrogen) atoms. The number of rotatable bonds is 5. The average molecular weight is 411 g/mol. The number of hydrogen-bond acceptors (Lipinski definition) is 4. The van der Waals surface area contributed by atoms with Crippen molar-refractivity contribution in [2.24, 2.45) is 0 Å². The minimum atomic E-state index is -0.643. The summed E-state index contributed by atoms with van der Waals surface area (Å²) in [6.07, 6.45) is 7.75. The van der Waals surface area contributed by atoms with E-state index in [2.05, 4.69) is 21.8 Å². The SMILES string of the molecule is Cc1ccc(-n2nc3c(c2NC(=O)C(=O)NCCC2=CCCCC2)CSC3)cc1. The fourth-order valence-electron chi connectivity index (χ4n) is 3.73. The van der Waals surface area contributed by atoms with Crippen LogP contribution in [0.2, 0.25) is 0 Å². The molecule has 0 saturated carbocycles. The first-order valence-electron chi connectivity index (χ1n) is 10.1. The van der Waals surface area contributed by atoms with E-state index in [1.54, 1.807) is 16.4 Å². The molecule has 2 heterocycles. The van der Waals surface area contributed by atoms with Gasteiger partial charge in [0.05, 0.1) is 11.4 Å². The van der Waals surface area contributed by atoms with E-state index in [9.17, 15) is 9.59 Å². The van der Waals surface area contributed by atoms with Crippen molar-refractivity contribution in [3.63, 3.8) is 0 Å². The summed E-state index contributed by atoms with van der Waals surface area (Å²) in [6.45, 7) is 2.52. The minimum Gasteiger partial charge on any atom is -0.348 e. The zero-order valence-corrected chi connectivity index (χ0v) is 17.5. The molecule has 2 aromatic rings. The molecule has 0 fully saturated rings. The number of benzene rings is 1. The van der Waals surface area contributed by atoms with Gasteiger partial charge in [0.25, 0.3) is 0 Å². The van der Waals surface area contributed by atoms with E-state index >= 15 is 0 Å². The molecule has 1 aliphatic heterocycles. The zero-order valence-electron chi connectivity index (χ0n) is 16.7. The summed E-state index contributed by atoms with van der Waals surface area (Å²) < 4.78 is 1.74. The predicted octanol–water partition coefficient (Wildman–Crippen LogP) is 3.87. The van der Waals surface area contributed by atoms with Gasteiger partial charge in [-0.25, -0.2) is 4.68 Å². The number of carbonyl (C=O) groups is 2. The topological polar surface area (TPSA) is 76.0 Å². The second kappa shape index (κ2) is 8.86. The van der Waals surface area contributed by atoms with Crippen LogP contribution in [0.1, 0.15) is 48.9 Å². The number of thioether (sulfide) groups is 1. The third kappa shape index (κ3) is 4.56. The molecule has 2 aliphatic rings. The molecule has 0 spiro atoms. The van der Waals surface area contributed by atoms with E-state index < -0.39 is 11.8 Å². The van der Waals surface area contributed by atoms with Gasteiger partial charge in [0.2, 0.25) is 0 Å². The number of hydrogen-bond donors (Lipinski definition) is 2. The lowest BCUT2D eigenvalue weighted by Gasteiger charge is -2.13. The van der Waals surface area contributed by atoms with Crippen molar-refractivity contribution in [2.75, 3.05) is 11.9 Å². The molecule has 1 aromatic carbocycles. The number of carbonyl (C=O) groups excluding carboxylic acids is 2. The minimum absolute atomic E-state index is 0.489. The Morgan fingerprint density at radius 1 is 1.14 bits per heavy atom. The Bertz CT molecular complexity index is 946.